The van der Waals surface area contributed by atoms with Gasteiger partial charge in [0.15, 0.2) is 5.43 Å². The van der Waals surface area contributed by atoms with E-state index >= 15 is 0 Å². The molecule has 0 aliphatic heterocycles. The van der Waals surface area contributed by atoms with Crippen LogP contribution in [0.3, 0.4) is 0 Å². The van der Waals surface area contributed by atoms with Gasteiger partial charge in [-0.25, -0.2) is 0 Å². The summed E-state index contributed by atoms with van der Waals surface area (Å²) < 4.78 is 5.25. The van der Waals surface area contributed by atoms with E-state index in [9.17, 15) is 4.79 Å². The van der Waals surface area contributed by atoms with E-state index in [1.165, 1.54) is 0 Å². The maximum Gasteiger partial charge on any atom is 0.194 e. The van der Waals surface area contributed by atoms with Gasteiger partial charge in [-0.1, -0.05) is 48.5 Å². The number of ether oxygens (including phenoxy) is 1. The lowest BCUT2D eigenvalue weighted by atomic mass is 10.1. The summed E-state index contributed by atoms with van der Waals surface area (Å²) in [6, 6.07) is 19.7. The SMILES string of the molecule is COc1cccc(/C=c2/c(=O)c3cccc4cccc2c43)c1. The Labute approximate surface area is 127 Å². The quantitative estimate of drug-likeness (QED) is 0.565. The zero-order valence-corrected chi connectivity index (χ0v) is 12.2. The van der Waals surface area contributed by atoms with Gasteiger partial charge < -0.3 is 4.74 Å². The number of hydrogen-bond acceptors (Lipinski definition) is 2. The van der Waals surface area contributed by atoms with Gasteiger partial charge in [0.05, 0.1) is 7.11 Å². The highest BCUT2D eigenvalue weighted by molar-refractivity contribution is 6.12. The molecule has 0 aromatic heterocycles. The Balaban J connectivity index is 2.10. The molecule has 2 heteroatoms. The molecular weight excluding hydrogens is 272 g/mol. The molecule has 0 amide bonds. The van der Waals surface area contributed by atoms with Crippen LogP contribution in [0.15, 0.2) is 65.5 Å². The summed E-state index contributed by atoms with van der Waals surface area (Å²) in [5.74, 6) is 0.788. The van der Waals surface area contributed by atoms with Gasteiger partial charge in [-0.3, -0.25) is 4.79 Å². The molecule has 22 heavy (non-hydrogen) atoms. The fourth-order valence-corrected chi connectivity index (χ4v) is 3.06. The molecular formula is C20H14O2. The van der Waals surface area contributed by atoms with Gasteiger partial charge in [0, 0.05) is 16.0 Å². The van der Waals surface area contributed by atoms with Crippen molar-refractivity contribution in [1.29, 1.82) is 0 Å². The highest BCUT2D eigenvalue weighted by atomic mass is 16.5. The zero-order valence-electron chi connectivity index (χ0n) is 12.2. The molecule has 0 saturated carbocycles. The minimum Gasteiger partial charge on any atom is -0.497 e. The lowest BCUT2D eigenvalue weighted by Gasteiger charge is -1.99. The van der Waals surface area contributed by atoms with Crippen LogP contribution in [0.1, 0.15) is 5.56 Å². The molecule has 0 heterocycles. The van der Waals surface area contributed by atoms with Gasteiger partial charge in [0.2, 0.25) is 0 Å². The Bertz CT molecular complexity index is 1070. The largest absolute Gasteiger partial charge is 0.497 e. The maximum atomic E-state index is 12.7. The Morgan fingerprint density at radius 3 is 2.41 bits per heavy atom. The van der Waals surface area contributed by atoms with Crippen molar-refractivity contribution in [2.45, 2.75) is 0 Å². The lowest BCUT2D eigenvalue weighted by molar-refractivity contribution is 0.414. The first-order chi connectivity index (χ1) is 10.8. The summed E-state index contributed by atoms with van der Waals surface area (Å²) in [7, 11) is 1.64. The van der Waals surface area contributed by atoms with E-state index < -0.39 is 0 Å². The van der Waals surface area contributed by atoms with Crippen LogP contribution in [0.4, 0.5) is 0 Å². The van der Waals surface area contributed by atoms with E-state index in [1.807, 2.05) is 66.7 Å². The fraction of sp³-hybridized carbons (Fsp3) is 0.0500. The summed E-state index contributed by atoms with van der Waals surface area (Å²) in [5.41, 5.74) is 1.06. The topological polar surface area (TPSA) is 26.3 Å². The summed E-state index contributed by atoms with van der Waals surface area (Å²) in [6.45, 7) is 0. The Hall–Kier alpha value is -2.87. The molecule has 0 radical (unpaired) electrons. The molecule has 2 nitrogen and oxygen atoms in total. The molecule has 0 aliphatic rings. The van der Waals surface area contributed by atoms with Gasteiger partial charge in [0.1, 0.15) is 5.75 Å². The molecule has 0 atom stereocenters. The minimum atomic E-state index is 0.0922. The first-order valence-corrected chi connectivity index (χ1v) is 7.20. The summed E-state index contributed by atoms with van der Waals surface area (Å²) in [5, 5.41) is 4.73. The average Bonchev–Trinajstić information content (AvgIpc) is 2.83. The normalized spacial score (nSPS) is 12.3. The molecule has 4 rings (SSSR count). The fourth-order valence-electron chi connectivity index (χ4n) is 3.06. The molecule has 0 unspecified atom stereocenters. The summed E-state index contributed by atoms with van der Waals surface area (Å²) in [4.78, 5) is 12.7. The second kappa shape index (κ2) is 4.85. The van der Waals surface area contributed by atoms with Crippen LogP contribution in [-0.2, 0) is 0 Å². The molecule has 0 saturated heterocycles. The third-order valence-electron chi connectivity index (χ3n) is 4.09. The third kappa shape index (κ3) is 1.85. The second-order valence-corrected chi connectivity index (χ2v) is 5.37. The molecule has 4 aromatic rings. The van der Waals surface area contributed by atoms with Crippen LogP contribution in [0, 0.1) is 0 Å². The van der Waals surface area contributed by atoms with Crippen molar-refractivity contribution >= 4 is 27.6 Å². The van der Waals surface area contributed by atoms with Crippen LogP contribution in [0.25, 0.3) is 27.6 Å². The van der Waals surface area contributed by atoms with Crippen LogP contribution in [-0.4, -0.2) is 7.11 Å². The second-order valence-electron chi connectivity index (χ2n) is 5.37. The Kier molecular flexibility index (Phi) is 2.83. The first kappa shape index (κ1) is 12.8. The molecule has 0 N–H and O–H groups in total. The molecule has 0 aliphatic carbocycles. The average molecular weight is 286 g/mol. The molecule has 0 fully saturated rings. The van der Waals surface area contributed by atoms with Gasteiger partial charge in [-0.15, -0.1) is 0 Å². The number of hydrogen-bond donors (Lipinski definition) is 0. The smallest absolute Gasteiger partial charge is 0.194 e. The number of rotatable bonds is 2. The van der Waals surface area contributed by atoms with E-state index in [2.05, 4.69) is 0 Å². The van der Waals surface area contributed by atoms with Crippen LogP contribution in [0.2, 0.25) is 0 Å². The molecule has 106 valence electrons. The highest BCUT2D eigenvalue weighted by Crippen LogP contribution is 2.23. The van der Waals surface area contributed by atoms with Crippen molar-refractivity contribution in [3.8, 4) is 5.75 Å². The standard InChI is InChI=1S/C20H14O2/c1-22-15-8-2-5-13(11-15)12-18-16-9-3-6-14-7-4-10-17(19(14)16)20(18)21/h2-12H,1H3/b18-12+. The summed E-state index contributed by atoms with van der Waals surface area (Å²) >= 11 is 0. The van der Waals surface area contributed by atoms with Crippen molar-refractivity contribution in [1.82, 2.24) is 0 Å². The van der Waals surface area contributed by atoms with Crippen molar-refractivity contribution < 1.29 is 4.74 Å². The van der Waals surface area contributed by atoms with Crippen molar-refractivity contribution in [2.75, 3.05) is 7.11 Å². The van der Waals surface area contributed by atoms with E-state index in [-0.39, 0.29) is 5.43 Å². The van der Waals surface area contributed by atoms with Crippen molar-refractivity contribution in [3.05, 3.63) is 81.7 Å². The van der Waals surface area contributed by atoms with Gasteiger partial charge in [0.25, 0.3) is 0 Å². The Morgan fingerprint density at radius 1 is 0.909 bits per heavy atom. The predicted molar refractivity (Wildman–Crippen MR) is 90.7 cm³/mol. The summed E-state index contributed by atoms with van der Waals surface area (Å²) in [6.07, 6.45) is 1.94. The first-order valence-electron chi connectivity index (χ1n) is 7.20. The van der Waals surface area contributed by atoms with Gasteiger partial charge >= 0.3 is 0 Å². The van der Waals surface area contributed by atoms with Crippen LogP contribution < -0.4 is 15.4 Å². The van der Waals surface area contributed by atoms with E-state index in [0.717, 1.165) is 38.1 Å². The lowest BCUT2D eigenvalue weighted by Crippen LogP contribution is -2.19. The van der Waals surface area contributed by atoms with Crippen LogP contribution in [0.5, 0.6) is 5.75 Å². The van der Waals surface area contributed by atoms with E-state index in [0.29, 0.717) is 0 Å². The number of methoxy groups -OCH3 is 1. The molecule has 0 bridgehead atoms. The van der Waals surface area contributed by atoms with Crippen molar-refractivity contribution in [3.63, 3.8) is 0 Å². The Morgan fingerprint density at radius 2 is 1.64 bits per heavy atom. The number of benzene rings is 3. The molecule has 4 aromatic carbocycles. The maximum absolute atomic E-state index is 12.7. The van der Waals surface area contributed by atoms with Crippen LogP contribution >= 0.6 is 0 Å². The van der Waals surface area contributed by atoms with Gasteiger partial charge in [-0.2, -0.15) is 0 Å². The zero-order chi connectivity index (χ0) is 15.1. The third-order valence-corrected chi connectivity index (χ3v) is 4.09. The minimum absolute atomic E-state index is 0.0922. The van der Waals surface area contributed by atoms with E-state index in [1.54, 1.807) is 7.11 Å². The predicted octanol–water partition coefficient (Wildman–Crippen LogP) is 3.35. The van der Waals surface area contributed by atoms with E-state index in [4.69, 9.17) is 4.74 Å². The van der Waals surface area contributed by atoms with Crippen molar-refractivity contribution in [2.24, 2.45) is 0 Å². The highest BCUT2D eigenvalue weighted by Gasteiger charge is 2.10. The monoisotopic (exact) mass is 286 g/mol. The van der Waals surface area contributed by atoms with Gasteiger partial charge in [-0.05, 0) is 34.5 Å². The molecule has 0 spiro atoms.